The average molecular weight is 338 g/mol. The Morgan fingerprint density at radius 1 is 1.23 bits per heavy atom. The van der Waals surface area contributed by atoms with Crippen LogP contribution in [-0.4, -0.2) is 17.0 Å². The predicted octanol–water partition coefficient (Wildman–Crippen LogP) is 4.29. The van der Waals surface area contributed by atoms with Gasteiger partial charge in [0.05, 0.1) is 9.90 Å². The third-order valence-corrected chi connectivity index (χ3v) is 4.59. The number of anilines is 1. The zero-order chi connectivity index (χ0) is 16.3. The molecule has 2 aromatic rings. The zero-order valence-corrected chi connectivity index (χ0v) is 13.8. The number of hydrogen-bond acceptors (Lipinski definition) is 3. The van der Waals surface area contributed by atoms with Crippen LogP contribution in [0.25, 0.3) is 0 Å². The molecule has 0 aliphatic heterocycles. The van der Waals surface area contributed by atoms with Gasteiger partial charge in [-0.25, -0.2) is 4.79 Å². The van der Waals surface area contributed by atoms with E-state index in [2.05, 4.69) is 5.32 Å². The van der Waals surface area contributed by atoms with Gasteiger partial charge >= 0.3 is 5.97 Å². The van der Waals surface area contributed by atoms with Gasteiger partial charge in [-0.05, 0) is 49.6 Å². The van der Waals surface area contributed by atoms with Crippen molar-refractivity contribution in [2.24, 2.45) is 0 Å². The monoisotopic (exact) mass is 337 g/mol. The summed E-state index contributed by atoms with van der Waals surface area (Å²) < 4.78 is 0.705. The van der Waals surface area contributed by atoms with E-state index >= 15 is 0 Å². The number of rotatable bonds is 5. The van der Waals surface area contributed by atoms with E-state index in [1.807, 2.05) is 19.1 Å². The highest BCUT2D eigenvalue weighted by Crippen LogP contribution is 2.24. The molecular weight excluding hydrogens is 322 g/mol. The molecule has 0 aliphatic rings. The predicted molar refractivity (Wildman–Crippen MR) is 89.2 cm³/mol. The highest BCUT2D eigenvalue weighted by molar-refractivity contribution is 7.16. The fraction of sp³-hybridized carbons (Fsp3) is 0.250. The molecule has 0 fully saturated rings. The minimum absolute atomic E-state index is 0.146. The van der Waals surface area contributed by atoms with Crippen LogP contribution >= 0.6 is 22.9 Å². The van der Waals surface area contributed by atoms with Crippen LogP contribution in [0.15, 0.2) is 24.3 Å². The Morgan fingerprint density at radius 2 is 1.95 bits per heavy atom. The van der Waals surface area contributed by atoms with Gasteiger partial charge in [0.25, 0.3) is 0 Å². The lowest BCUT2D eigenvalue weighted by Crippen LogP contribution is -2.14. The Balaban J connectivity index is 2.04. The number of thiophene rings is 1. The number of carbonyl (C=O) groups is 2. The summed E-state index contributed by atoms with van der Waals surface area (Å²) >= 11 is 7.31. The van der Waals surface area contributed by atoms with E-state index in [9.17, 15) is 9.59 Å². The Bertz CT molecular complexity index is 724. The van der Waals surface area contributed by atoms with Gasteiger partial charge in [-0.15, -0.1) is 11.3 Å². The fourth-order valence-electron chi connectivity index (χ4n) is 2.15. The van der Waals surface area contributed by atoms with Gasteiger partial charge in [0.1, 0.15) is 0 Å². The lowest BCUT2D eigenvalue weighted by Gasteiger charge is -2.11. The van der Waals surface area contributed by atoms with Crippen molar-refractivity contribution < 1.29 is 14.7 Å². The van der Waals surface area contributed by atoms with Crippen molar-refractivity contribution in [2.45, 2.75) is 26.7 Å². The van der Waals surface area contributed by atoms with E-state index in [4.69, 9.17) is 16.7 Å². The second-order valence-electron chi connectivity index (χ2n) is 5.04. The van der Waals surface area contributed by atoms with Crippen molar-refractivity contribution in [3.8, 4) is 0 Å². The molecular formula is C16H16ClNO3S. The molecule has 1 aromatic carbocycles. The van der Waals surface area contributed by atoms with Crippen LogP contribution in [0.2, 0.25) is 4.34 Å². The molecule has 0 saturated carbocycles. The Labute approximate surface area is 137 Å². The molecule has 2 N–H and O–H groups in total. The van der Waals surface area contributed by atoms with E-state index in [0.29, 0.717) is 28.4 Å². The average Bonchev–Trinajstić information content (AvgIpc) is 2.85. The summed E-state index contributed by atoms with van der Waals surface area (Å²) in [5.74, 6) is -1.14. The third kappa shape index (κ3) is 4.08. The first-order valence-electron chi connectivity index (χ1n) is 6.75. The van der Waals surface area contributed by atoms with Crippen molar-refractivity contribution >= 4 is 40.5 Å². The standard InChI is InChI=1S/C16H16ClNO3S/c1-9-7-10(2)13(8-12(9)16(20)21)18-15(19)6-4-11-3-5-14(17)22-11/h3,5,7-8H,4,6H2,1-2H3,(H,18,19)(H,20,21). The van der Waals surface area contributed by atoms with Gasteiger partial charge in [-0.3, -0.25) is 4.79 Å². The molecule has 0 aliphatic carbocycles. The molecule has 1 heterocycles. The number of amides is 1. The molecule has 1 amide bonds. The molecule has 6 heteroatoms. The van der Waals surface area contributed by atoms with E-state index in [-0.39, 0.29) is 11.5 Å². The molecule has 0 bridgehead atoms. The molecule has 2 rings (SSSR count). The first kappa shape index (κ1) is 16.5. The van der Waals surface area contributed by atoms with Crippen LogP contribution in [0.5, 0.6) is 0 Å². The molecule has 1 aromatic heterocycles. The number of nitrogens with one attached hydrogen (secondary N) is 1. The normalized spacial score (nSPS) is 10.5. The Morgan fingerprint density at radius 3 is 2.55 bits per heavy atom. The van der Waals surface area contributed by atoms with Crippen molar-refractivity contribution in [1.29, 1.82) is 0 Å². The lowest BCUT2D eigenvalue weighted by atomic mass is 10.0. The van der Waals surface area contributed by atoms with Crippen LogP contribution < -0.4 is 5.32 Å². The second kappa shape index (κ2) is 6.94. The summed E-state index contributed by atoms with van der Waals surface area (Å²) in [6.07, 6.45) is 0.937. The fourth-order valence-corrected chi connectivity index (χ4v) is 3.24. The van der Waals surface area contributed by atoms with E-state index in [0.717, 1.165) is 10.4 Å². The van der Waals surface area contributed by atoms with Gasteiger partial charge < -0.3 is 10.4 Å². The number of halogens is 1. The molecule has 116 valence electrons. The highest BCUT2D eigenvalue weighted by Gasteiger charge is 2.12. The summed E-state index contributed by atoms with van der Waals surface area (Å²) in [5.41, 5.74) is 2.26. The lowest BCUT2D eigenvalue weighted by molar-refractivity contribution is -0.116. The van der Waals surface area contributed by atoms with Crippen LogP contribution in [0, 0.1) is 13.8 Å². The zero-order valence-electron chi connectivity index (χ0n) is 12.3. The summed E-state index contributed by atoms with van der Waals surface area (Å²) in [4.78, 5) is 24.2. The van der Waals surface area contributed by atoms with Crippen LogP contribution in [0.4, 0.5) is 5.69 Å². The third-order valence-electron chi connectivity index (χ3n) is 3.30. The number of carboxylic acid groups (broad SMARTS) is 1. The minimum atomic E-state index is -0.999. The molecule has 22 heavy (non-hydrogen) atoms. The number of aromatic carboxylic acids is 1. The molecule has 0 spiro atoms. The number of carbonyl (C=O) groups excluding carboxylic acids is 1. The first-order valence-corrected chi connectivity index (χ1v) is 7.95. The topological polar surface area (TPSA) is 66.4 Å². The van der Waals surface area contributed by atoms with E-state index in [1.54, 1.807) is 13.0 Å². The van der Waals surface area contributed by atoms with Crippen LogP contribution in [0.1, 0.15) is 32.8 Å². The SMILES string of the molecule is Cc1cc(C)c(C(=O)O)cc1NC(=O)CCc1ccc(Cl)s1. The molecule has 0 radical (unpaired) electrons. The molecule has 0 atom stereocenters. The second-order valence-corrected chi connectivity index (χ2v) is 6.84. The van der Waals surface area contributed by atoms with Crippen molar-refractivity contribution in [1.82, 2.24) is 0 Å². The summed E-state index contributed by atoms with van der Waals surface area (Å²) in [7, 11) is 0. The maximum atomic E-state index is 12.0. The van der Waals surface area contributed by atoms with Gasteiger partial charge in [0, 0.05) is 17.0 Å². The van der Waals surface area contributed by atoms with Gasteiger partial charge in [-0.2, -0.15) is 0 Å². The smallest absolute Gasteiger partial charge is 0.336 e. The van der Waals surface area contributed by atoms with Crippen molar-refractivity contribution in [2.75, 3.05) is 5.32 Å². The van der Waals surface area contributed by atoms with Crippen molar-refractivity contribution in [3.05, 3.63) is 50.2 Å². The summed E-state index contributed by atoms with van der Waals surface area (Å²) in [6, 6.07) is 6.98. The number of aryl methyl sites for hydroxylation is 3. The highest BCUT2D eigenvalue weighted by atomic mass is 35.5. The number of benzene rings is 1. The Kier molecular flexibility index (Phi) is 5.21. The minimum Gasteiger partial charge on any atom is -0.478 e. The van der Waals surface area contributed by atoms with Crippen LogP contribution in [0.3, 0.4) is 0 Å². The summed E-state index contributed by atoms with van der Waals surface area (Å²) in [5, 5.41) is 11.9. The largest absolute Gasteiger partial charge is 0.478 e. The molecule has 0 unspecified atom stereocenters. The number of hydrogen-bond donors (Lipinski definition) is 2. The maximum Gasteiger partial charge on any atom is 0.336 e. The van der Waals surface area contributed by atoms with E-state index < -0.39 is 5.97 Å². The van der Waals surface area contributed by atoms with Crippen molar-refractivity contribution in [3.63, 3.8) is 0 Å². The van der Waals surface area contributed by atoms with Gasteiger partial charge in [0.15, 0.2) is 0 Å². The molecule has 4 nitrogen and oxygen atoms in total. The quantitative estimate of drug-likeness (QED) is 0.855. The molecule has 0 saturated heterocycles. The maximum absolute atomic E-state index is 12.0. The van der Waals surface area contributed by atoms with Crippen LogP contribution in [-0.2, 0) is 11.2 Å². The van der Waals surface area contributed by atoms with Gasteiger partial charge in [0.2, 0.25) is 5.91 Å². The first-order chi connectivity index (χ1) is 10.4. The van der Waals surface area contributed by atoms with E-state index in [1.165, 1.54) is 17.4 Å². The van der Waals surface area contributed by atoms with Gasteiger partial charge in [-0.1, -0.05) is 17.7 Å². The number of carboxylic acids is 1. The summed E-state index contributed by atoms with van der Waals surface area (Å²) in [6.45, 7) is 3.58. The Hall–Kier alpha value is -1.85.